The van der Waals surface area contributed by atoms with Crippen LogP contribution < -0.4 is 11.4 Å². The second-order valence-corrected chi connectivity index (χ2v) is 2.22. The van der Waals surface area contributed by atoms with Crippen LogP contribution in [0.2, 0.25) is 0 Å². The van der Waals surface area contributed by atoms with Crippen molar-refractivity contribution in [1.82, 2.24) is 4.98 Å². The summed E-state index contributed by atoms with van der Waals surface area (Å²) in [6.07, 6.45) is 3.21. The molecule has 1 heterocycles. The number of nitrogens with one attached hydrogen (secondary N) is 1. The van der Waals surface area contributed by atoms with Crippen LogP contribution >= 0.6 is 0 Å². The summed E-state index contributed by atoms with van der Waals surface area (Å²) in [4.78, 5) is 27.5. The van der Waals surface area contributed by atoms with E-state index >= 15 is 0 Å². The van der Waals surface area contributed by atoms with Gasteiger partial charge in [-0.05, 0) is 19.7 Å². The highest BCUT2D eigenvalue weighted by molar-refractivity contribution is 5.60. The van der Waals surface area contributed by atoms with Gasteiger partial charge in [0.15, 0.2) is 5.69 Å². The molecule has 5 nitrogen and oxygen atoms in total. The summed E-state index contributed by atoms with van der Waals surface area (Å²) in [5.74, 6) is -0.800. The molecule has 1 rings (SSSR count). The second-order valence-electron chi connectivity index (χ2n) is 2.22. The summed E-state index contributed by atoms with van der Waals surface area (Å²) in [5, 5.41) is 0. The highest BCUT2D eigenvalue weighted by Gasteiger charge is 2.05. The van der Waals surface area contributed by atoms with Gasteiger partial charge in [0, 0.05) is 0 Å². The van der Waals surface area contributed by atoms with E-state index in [9.17, 15) is 9.59 Å². The molecule has 0 atom stereocenters. The smallest absolute Gasteiger partial charge is 0.371 e. The molecule has 0 aliphatic heterocycles. The van der Waals surface area contributed by atoms with Crippen molar-refractivity contribution in [2.75, 3.05) is 0 Å². The highest BCUT2D eigenvalue weighted by atomic mass is 16.4. The van der Waals surface area contributed by atoms with Gasteiger partial charge in [0.1, 0.15) is 0 Å². The van der Waals surface area contributed by atoms with Gasteiger partial charge < -0.3 is 4.42 Å². The first-order chi connectivity index (χ1) is 6.19. The molecular weight excluding hydrogens is 172 g/mol. The molecule has 0 aromatic carbocycles. The van der Waals surface area contributed by atoms with E-state index in [1.807, 2.05) is 0 Å². The van der Waals surface area contributed by atoms with E-state index in [1.54, 1.807) is 19.1 Å². The predicted octanol–water partition coefficient (Wildman–Crippen LogP) is 0.693. The van der Waals surface area contributed by atoms with Crippen molar-refractivity contribution in [3.05, 3.63) is 32.7 Å². The zero-order valence-electron chi connectivity index (χ0n) is 7.03. The number of nitrogens with zero attached hydrogens (tertiary/aromatic N) is 1. The first-order valence-corrected chi connectivity index (χ1v) is 3.56. The Morgan fingerprint density at radius 3 is 2.77 bits per heavy atom. The van der Waals surface area contributed by atoms with Crippen LogP contribution in [0.4, 0.5) is 5.69 Å². The first-order valence-electron chi connectivity index (χ1n) is 3.56. The van der Waals surface area contributed by atoms with Gasteiger partial charge in [-0.15, -0.1) is 0 Å². The van der Waals surface area contributed by atoms with E-state index in [-0.39, 0.29) is 5.69 Å². The summed E-state index contributed by atoms with van der Waals surface area (Å²) in [5.41, 5.74) is -0.469. The Bertz CT molecular complexity index is 453. The van der Waals surface area contributed by atoms with Crippen LogP contribution in [0.3, 0.4) is 0 Å². The molecule has 0 aliphatic rings. The zero-order valence-corrected chi connectivity index (χ0v) is 7.03. The van der Waals surface area contributed by atoms with E-state index in [2.05, 4.69) is 21.1 Å². The first kappa shape index (κ1) is 9.18. The number of allylic oxidation sites excluding steroid dienone is 1. The van der Waals surface area contributed by atoms with Crippen molar-refractivity contribution in [1.29, 1.82) is 0 Å². The van der Waals surface area contributed by atoms with Gasteiger partial charge in [0.25, 0.3) is 0 Å². The van der Waals surface area contributed by atoms with E-state index in [1.165, 1.54) is 0 Å². The van der Waals surface area contributed by atoms with E-state index < -0.39 is 11.4 Å². The monoisotopic (exact) mass is 180 g/mol. The molecule has 1 aromatic heterocycles. The fourth-order valence-corrected chi connectivity index (χ4v) is 0.874. The van der Waals surface area contributed by atoms with Crippen LogP contribution in [0, 0.1) is 0 Å². The minimum atomic E-state index is -0.800. The fourth-order valence-electron chi connectivity index (χ4n) is 0.874. The van der Waals surface area contributed by atoms with E-state index in [0.29, 0.717) is 5.69 Å². The number of hydrogen-bond acceptors (Lipinski definition) is 4. The molecule has 1 N–H and O–H groups in total. The largest absolute Gasteiger partial charge is 0.419 e. The van der Waals surface area contributed by atoms with Crippen molar-refractivity contribution >= 4 is 18.5 Å². The molecule has 0 amide bonds. The maximum Gasteiger partial charge on any atom is 0.419 e. The molecule has 0 unspecified atom stereocenters. The Labute approximate surface area is 73.4 Å². The quantitative estimate of drug-likeness (QED) is 0.680. The van der Waals surface area contributed by atoms with Crippen LogP contribution in [0.1, 0.15) is 12.6 Å². The third-order valence-electron chi connectivity index (χ3n) is 1.36. The molecule has 68 valence electrons. The van der Waals surface area contributed by atoms with Crippen LogP contribution in [-0.4, -0.2) is 11.7 Å². The lowest BCUT2D eigenvalue weighted by molar-refractivity contribution is 0.450. The van der Waals surface area contributed by atoms with Crippen LogP contribution in [-0.2, 0) is 0 Å². The standard InChI is InChI=1S/C8H8N2O3/c1-3-4-5-6(9-2)7(11)13-8(12)10-5/h3-4H,2H2,1H3,(H,10,12)/b4-3-. The normalized spacial score (nSPS) is 10.5. The Morgan fingerprint density at radius 2 is 2.23 bits per heavy atom. The van der Waals surface area contributed by atoms with Crippen molar-refractivity contribution in [2.45, 2.75) is 6.92 Å². The van der Waals surface area contributed by atoms with Crippen molar-refractivity contribution in [2.24, 2.45) is 4.99 Å². The third kappa shape index (κ3) is 1.81. The number of H-pyrrole nitrogens is 1. The molecule has 0 saturated heterocycles. The number of aromatic amines is 1. The molecule has 13 heavy (non-hydrogen) atoms. The van der Waals surface area contributed by atoms with E-state index in [0.717, 1.165) is 0 Å². The third-order valence-corrected chi connectivity index (χ3v) is 1.36. The summed E-state index contributed by atoms with van der Waals surface area (Å²) < 4.78 is 4.25. The average Bonchev–Trinajstić information content (AvgIpc) is 2.04. The summed E-state index contributed by atoms with van der Waals surface area (Å²) in [7, 11) is 0. The van der Waals surface area contributed by atoms with Gasteiger partial charge >= 0.3 is 11.4 Å². The van der Waals surface area contributed by atoms with Gasteiger partial charge in [-0.1, -0.05) is 6.08 Å². The minimum Gasteiger partial charge on any atom is -0.371 e. The molecule has 1 aromatic rings. The number of rotatable bonds is 2. The SMILES string of the molecule is C=Nc1c(/C=C\C)[nH]c(=O)oc1=O. The second kappa shape index (κ2) is 3.66. The van der Waals surface area contributed by atoms with Crippen LogP contribution in [0.5, 0.6) is 0 Å². The molecule has 0 fully saturated rings. The molecule has 0 radical (unpaired) electrons. The molecule has 0 spiro atoms. The Balaban J connectivity index is 3.56. The molecule has 5 heteroatoms. The summed E-state index contributed by atoms with van der Waals surface area (Å²) >= 11 is 0. The Kier molecular flexibility index (Phi) is 2.59. The van der Waals surface area contributed by atoms with Crippen LogP contribution in [0.25, 0.3) is 6.08 Å². The van der Waals surface area contributed by atoms with Crippen molar-refractivity contribution < 1.29 is 4.42 Å². The Hall–Kier alpha value is -1.91. The predicted molar refractivity (Wildman–Crippen MR) is 49.5 cm³/mol. The number of aliphatic imine (C=N–C) groups is 1. The summed E-state index contributed by atoms with van der Waals surface area (Å²) in [6, 6.07) is 0. The maximum atomic E-state index is 11.0. The van der Waals surface area contributed by atoms with E-state index in [4.69, 9.17) is 0 Å². The minimum absolute atomic E-state index is 0.0118. The summed E-state index contributed by atoms with van der Waals surface area (Å²) in [6.45, 7) is 4.95. The van der Waals surface area contributed by atoms with Crippen LogP contribution in [0.15, 0.2) is 25.1 Å². The lowest BCUT2D eigenvalue weighted by Crippen LogP contribution is -2.15. The fraction of sp³-hybridized carbons (Fsp3) is 0.125. The van der Waals surface area contributed by atoms with Gasteiger partial charge in [0.2, 0.25) is 0 Å². The Morgan fingerprint density at radius 1 is 1.54 bits per heavy atom. The van der Waals surface area contributed by atoms with Gasteiger partial charge in [-0.2, -0.15) is 0 Å². The highest BCUT2D eigenvalue weighted by Crippen LogP contribution is 2.09. The lowest BCUT2D eigenvalue weighted by Gasteiger charge is -1.95. The molecule has 0 saturated carbocycles. The molecule has 0 aliphatic carbocycles. The van der Waals surface area contributed by atoms with Crippen molar-refractivity contribution in [3.63, 3.8) is 0 Å². The van der Waals surface area contributed by atoms with Gasteiger partial charge in [-0.3, -0.25) is 9.98 Å². The molecule has 0 bridgehead atoms. The lowest BCUT2D eigenvalue weighted by atomic mass is 10.3. The maximum absolute atomic E-state index is 11.0. The van der Waals surface area contributed by atoms with Gasteiger partial charge in [-0.25, -0.2) is 9.59 Å². The zero-order chi connectivity index (χ0) is 9.84. The van der Waals surface area contributed by atoms with Crippen molar-refractivity contribution in [3.8, 4) is 0 Å². The topological polar surface area (TPSA) is 75.4 Å². The number of hydrogen-bond donors (Lipinski definition) is 1. The molecular formula is C8H8N2O3. The number of aromatic nitrogens is 1. The average molecular weight is 180 g/mol. The van der Waals surface area contributed by atoms with Gasteiger partial charge in [0.05, 0.1) is 5.69 Å².